The van der Waals surface area contributed by atoms with E-state index in [1.807, 2.05) is 12.2 Å². The molecule has 17 heavy (non-hydrogen) atoms. The smallest absolute Gasteiger partial charge is 0.303 e. The zero-order chi connectivity index (χ0) is 13.1. The van der Waals surface area contributed by atoms with Gasteiger partial charge in [0.25, 0.3) is 0 Å². The van der Waals surface area contributed by atoms with Gasteiger partial charge in [-0.25, -0.2) is 0 Å². The van der Waals surface area contributed by atoms with Gasteiger partial charge in [-0.05, 0) is 18.8 Å². The van der Waals surface area contributed by atoms with Crippen molar-refractivity contribution in [1.82, 2.24) is 0 Å². The molecule has 0 aliphatic rings. The number of hydrogen-bond acceptors (Lipinski definition) is 2. The van der Waals surface area contributed by atoms with E-state index in [0.29, 0.717) is 6.42 Å². The van der Waals surface area contributed by atoms with Crippen LogP contribution in [0.5, 0.6) is 0 Å². The summed E-state index contributed by atoms with van der Waals surface area (Å²) in [5.41, 5.74) is 0. The lowest BCUT2D eigenvalue weighted by Gasteiger charge is -2.07. The van der Waals surface area contributed by atoms with Crippen LogP contribution in [0.1, 0.15) is 39.0 Å². The average Bonchev–Trinajstić information content (AvgIpc) is 2.24. The Morgan fingerprint density at radius 2 is 1.88 bits per heavy atom. The van der Waals surface area contributed by atoms with Crippen molar-refractivity contribution in [1.29, 1.82) is 0 Å². The highest BCUT2D eigenvalue weighted by molar-refractivity contribution is 5.68. The lowest BCUT2D eigenvalue weighted by atomic mass is 9.99. The van der Waals surface area contributed by atoms with Gasteiger partial charge < -0.3 is 10.2 Å². The van der Waals surface area contributed by atoms with E-state index >= 15 is 0 Å². The van der Waals surface area contributed by atoms with Crippen LogP contribution in [0.25, 0.3) is 0 Å². The maximum absolute atomic E-state index is 10.6. The zero-order valence-corrected chi connectivity index (χ0v) is 10.1. The van der Waals surface area contributed by atoms with Gasteiger partial charge in [-0.1, -0.05) is 37.6 Å². The molecule has 0 spiro atoms. The third-order valence-electron chi connectivity index (χ3n) is 2.25. The van der Waals surface area contributed by atoms with Crippen molar-refractivity contribution < 1.29 is 19.8 Å². The second kappa shape index (κ2) is 9.63. The number of carbonyl (C=O) groups is 2. The molecule has 4 nitrogen and oxygen atoms in total. The highest BCUT2D eigenvalue weighted by Crippen LogP contribution is 2.13. The van der Waals surface area contributed by atoms with Gasteiger partial charge in [0.1, 0.15) is 0 Å². The Morgan fingerprint density at radius 3 is 2.41 bits per heavy atom. The summed E-state index contributed by atoms with van der Waals surface area (Å²) in [5, 5.41) is 17.2. The van der Waals surface area contributed by atoms with E-state index in [9.17, 15) is 9.59 Å². The molecule has 1 atom stereocenters. The van der Waals surface area contributed by atoms with E-state index in [-0.39, 0.29) is 18.8 Å². The Hall–Kier alpha value is -1.58. The fraction of sp³-hybridized carbons (Fsp3) is 0.538. The molecule has 0 fully saturated rings. The van der Waals surface area contributed by atoms with Gasteiger partial charge in [0, 0.05) is 6.42 Å². The summed E-state index contributed by atoms with van der Waals surface area (Å²) in [6, 6.07) is 0. The number of allylic oxidation sites excluding steroid dienone is 4. The van der Waals surface area contributed by atoms with Crippen molar-refractivity contribution in [3.8, 4) is 0 Å². The first-order valence-corrected chi connectivity index (χ1v) is 5.83. The van der Waals surface area contributed by atoms with Crippen molar-refractivity contribution in [3.63, 3.8) is 0 Å². The van der Waals surface area contributed by atoms with Crippen LogP contribution in [0.2, 0.25) is 0 Å². The van der Waals surface area contributed by atoms with Crippen molar-refractivity contribution >= 4 is 11.9 Å². The minimum absolute atomic E-state index is 0.000953. The maximum Gasteiger partial charge on any atom is 0.303 e. The summed E-state index contributed by atoms with van der Waals surface area (Å²) in [6.45, 7) is 2.08. The summed E-state index contributed by atoms with van der Waals surface area (Å²) < 4.78 is 0. The molecular weight excluding hydrogens is 220 g/mol. The number of aliphatic carboxylic acids is 2. The van der Waals surface area contributed by atoms with Crippen LogP contribution in [-0.2, 0) is 9.59 Å². The Morgan fingerprint density at radius 1 is 1.18 bits per heavy atom. The summed E-state index contributed by atoms with van der Waals surface area (Å²) in [7, 11) is 0. The highest BCUT2D eigenvalue weighted by Gasteiger charge is 2.11. The second-order valence-corrected chi connectivity index (χ2v) is 3.89. The molecule has 0 saturated heterocycles. The molecule has 0 radical (unpaired) electrons. The van der Waals surface area contributed by atoms with Crippen molar-refractivity contribution in [2.75, 3.05) is 0 Å². The third kappa shape index (κ3) is 10.7. The van der Waals surface area contributed by atoms with Crippen molar-refractivity contribution in [3.05, 3.63) is 24.3 Å². The number of unbranched alkanes of at least 4 members (excludes halogenated alkanes) is 1. The van der Waals surface area contributed by atoms with Gasteiger partial charge in [-0.3, -0.25) is 9.59 Å². The molecule has 4 heteroatoms. The van der Waals surface area contributed by atoms with Gasteiger partial charge >= 0.3 is 11.9 Å². The van der Waals surface area contributed by atoms with Gasteiger partial charge in [0.15, 0.2) is 0 Å². The summed E-state index contributed by atoms with van der Waals surface area (Å²) in [5.74, 6) is -2.01. The predicted molar refractivity (Wildman–Crippen MR) is 65.8 cm³/mol. The SMILES string of the molecule is CCC/C=C/C=C/[C@@H](CCC(=O)O)CC(=O)O. The van der Waals surface area contributed by atoms with Crippen LogP contribution in [0.3, 0.4) is 0 Å². The van der Waals surface area contributed by atoms with Crippen LogP contribution >= 0.6 is 0 Å². The normalized spacial score (nSPS) is 13.2. The first-order chi connectivity index (χ1) is 8.06. The molecule has 0 aromatic rings. The minimum Gasteiger partial charge on any atom is -0.481 e. The quantitative estimate of drug-likeness (QED) is 0.608. The van der Waals surface area contributed by atoms with Crippen LogP contribution in [-0.4, -0.2) is 22.2 Å². The molecular formula is C13H20O4. The van der Waals surface area contributed by atoms with Gasteiger partial charge in [-0.15, -0.1) is 0 Å². The minimum atomic E-state index is -0.900. The Bertz CT molecular complexity index is 292. The largest absolute Gasteiger partial charge is 0.481 e. The van der Waals surface area contributed by atoms with Crippen LogP contribution in [0, 0.1) is 5.92 Å². The molecule has 0 rings (SSSR count). The van der Waals surface area contributed by atoms with Crippen LogP contribution < -0.4 is 0 Å². The van der Waals surface area contributed by atoms with E-state index in [1.54, 1.807) is 12.2 Å². The van der Waals surface area contributed by atoms with E-state index < -0.39 is 11.9 Å². The van der Waals surface area contributed by atoms with Gasteiger partial charge in [0.05, 0.1) is 6.42 Å². The van der Waals surface area contributed by atoms with E-state index in [4.69, 9.17) is 10.2 Å². The molecule has 96 valence electrons. The Balaban J connectivity index is 4.17. The molecule has 0 aliphatic heterocycles. The lowest BCUT2D eigenvalue weighted by molar-refractivity contribution is -0.140. The Kier molecular flexibility index (Phi) is 8.74. The predicted octanol–water partition coefficient (Wildman–Crippen LogP) is 2.85. The van der Waals surface area contributed by atoms with E-state index in [0.717, 1.165) is 12.8 Å². The monoisotopic (exact) mass is 240 g/mol. The first kappa shape index (κ1) is 15.4. The van der Waals surface area contributed by atoms with Gasteiger partial charge in [0.2, 0.25) is 0 Å². The van der Waals surface area contributed by atoms with Crippen molar-refractivity contribution in [2.45, 2.75) is 39.0 Å². The fourth-order valence-corrected chi connectivity index (χ4v) is 1.36. The molecule has 0 bridgehead atoms. The molecule has 0 unspecified atom stereocenters. The van der Waals surface area contributed by atoms with E-state index in [1.165, 1.54) is 0 Å². The maximum atomic E-state index is 10.6. The lowest BCUT2D eigenvalue weighted by Crippen LogP contribution is -2.07. The highest BCUT2D eigenvalue weighted by atomic mass is 16.4. The molecule has 2 N–H and O–H groups in total. The molecule has 0 aliphatic carbocycles. The molecule has 0 saturated carbocycles. The number of rotatable bonds is 9. The number of carboxylic acid groups (broad SMARTS) is 2. The van der Waals surface area contributed by atoms with Crippen LogP contribution in [0.4, 0.5) is 0 Å². The molecule has 0 aromatic carbocycles. The summed E-state index contributed by atoms with van der Waals surface area (Å²) >= 11 is 0. The molecule has 0 amide bonds. The average molecular weight is 240 g/mol. The standard InChI is InChI=1S/C13H20O4/c1-2-3-4-5-6-7-11(10-13(16)17)8-9-12(14)15/h4-7,11H,2-3,8-10H2,1H3,(H,14,15)(H,16,17)/b5-4+,7-6+/t11-/m0/s1. The van der Waals surface area contributed by atoms with Gasteiger partial charge in [-0.2, -0.15) is 0 Å². The molecule has 0 aromatic heterocycles. The Labute approximate surface area is 102 Å². The van der Waals surface area contributed by atoms with E-state index in [2.05, 4.69) is 6.92 Å². The summed E-state index contributed by atoms with van der Waals surface area (Å²) in [6.07, 6.45) is 9.84. The second-order valence-electron chi connectivity index (χ2n) is 3.89. The van der Waals surface area contributed by atoms with Crippen molar-refractivity contribution in [2.24, 2.45) is 5.92 Å². The number of hydrogen-bond donors (Lipinski definition) is 2. The summed E-state index contributed by atoms with van der Waals surface area (Å²) in [4.78, 5) is 21.0. The van der Waals surface area contributed by atoms with Crippen LogP contribution in [0.15, 0.2) is 24.3 Å². The fourth-order valence-electron chi connectivity index (χ4n) is 1.36. The molecule has 0 heterocycles. The topological polar surface area (TPSA) is 74.6 Å². The third-order valence-corrected chi connectivity index (χ3v) is 2.25. The first-order valence-electron chi connectivity index (χ1n) is 5.83. The zero-order valence-electron chi connectivity index (χ0n) is 10.1. The number of carboxylic acids is 2.